The Balaban J connectivity index is 1.67. The zero-order valence-electron chi connectivity index (χ0n) is 13.4. The van der Waals surface area contributed by atoms with Gasteiger partial charge in [0.05, 0.1) is 13.2 Å². The number of carbonyl (C=O) groups excluding carboxylic acids is 2. The summed E-state index contributed by atoms with van der Waals surface area (Å²) in [7, 11) is 0. The molecule has 6 nitrogen and oxygen atoms in total. The molecule has 1 heterocycles. The topological polar surface area (TPSA) is 78.9 Å². The van der Waals surface area contributed by atoms with Crippen LogP contribution in [0.1, 0.15) is 0 Å². The van der Waals surface area contributed by atoms with Crippen LogP contribution in [0.2, 0.25) is 10.0 Å². The lowest BCUT2D eigenvalue weighted by molar-refractivity contribution is -0.137. The van der Waals surface area contributed by atoms with Crippen LogP contribution in [0.25, 0.3) is 0 Å². The van der Waals surface area contributed by atoms with Gasteiger partial charge in [0.25, 0.3) is 11.8 Å². The Morgan fingerprint density at radius 3 is 2.27 bits per heavy atom. The number of halogens is 2. The lowest BCUT2D eigenvalue weighted by atomic mass is 10.2. The van der Waals surface area contributed by atoms with Crippen LogP contribution in [0.3, 0.4) is 0 Å². The van der Waals surface area contributed by atoms with Crippen molar-refractivity contribution in [2.45, 2.75) is 0 Å². The van der Waals surface area contributed by atoms with Crippen molar-refractivity contribution in [1.29, 1.82) is 0 Å². The molecule has 2 aromatic carbocycles. The molecule has 0 atom stereocenters. The first-order chi connectivity index (χ1) is 12.5. The summed E-state index contributed by atoms with van der Waals surface area (Å²) in [5.41, 5.74) is 0.762. The quantitative estimate of drug-likeness (QED) is 0.736. The number of amides is 2. The molecule has 3 rings (SSSR count). The fraction of sp³-hybridized carbons (Fsp3) is 0.111. The summed E-state index contributed by atoms with van der Waals surface area (Å²) < 4.78 is 5.68. The minimum atomic E-state index is -0.474. The molecule has 2 aromatic rings. The van der Waals surface area contributed by atoms with Crippen molar-refractivity contribution in [2.75, 3.05) is 18.5 Å². The summed E-state index contributed by atoms with van der Waals surface area (Å²) in [6.45, 7) is -0.313. The standard InChI is InChI=1S/C18H14Cl2N2O4/c19-11-7-12(20)9-15(8-11)26-14-3-1-13(2-4-14)21-16-10-17(24)22(5-6-23)18(16)25/h1-4,7-10,21,23H,5-6H2. The number of hydrogen-bond acceptors (Lipinski definition) is 5. The number of imide groups is 1. The maximum Gasteiger partial charge on any atom is 0.277 e. The smallest absolute Gasteiger partial charge is 0.277 e. The number of nitrogens with one attached hydrogen (secondary N) is 1. The molecule has 2 N–H and O–H groups in total. The molecule has 0 aliphatic carbocycles. The Bertz CT molecular complexity index is 861. The first-order valence-corrected chi connectivity index (χ1v) is 8.41. The number of ether oxygens (including phenoxy) is 1. The second-order valence-electron chi connectivity index (χ2n) is 5.43. The van der Waals surface area contributed by atoms with E-state index in [2.05, 4.69) is 5.32 Å². The van der Waals surface area contributed by atoms with Crippen LogP contribution in [0.15, 0.2) is 54.2 Å². The molecule has 26 heavy (non-hydrogen) atoms. The van der Waals surface area contributed by atoms with Crippen LogP contribution in [0, 0.1) is 0 Å². The summed E-state index contributed by atoms with van der Waals surface area (Å²) in [5.74, 6) is 0.128. The SMILES string of the molecule is O=C1C=C(Nc2ccc(Oc3cc(Cl)cc(Cl)c3)cc2)C(=O)N1CCO. The molecule has 0 aromatic heterocycles. The number of anilines is 1. The first kappa shape index (κ1) is 18.3. The maximum absolute atomic E-state index is 12.1. The van der Waals surface area contributed by atoms with Crippen LogP contribution >= 0.6 is 23.2 Å². The highest BCUT2D eigenvalue weighted by Gasteiger charge is 2.30. The van der Waals surface area contributed by atoms with E-state index in [4.69, 9.17) is 33.0 Å². The highest BCUT2D eigenvalue weighted by Crippen LogP contribution is 2.29. The van der Waals surface area contributed by atoms with Gasteiger partial charge in [-0.2, -0.15) is 0 Å². The Kier molecular flexibility index (Phi) is 5.46. The van der Waals surface area contributed by atoms with Crippen LogP contribution < -0.4 is 10.1 Å². The van der Waals surface area contributed by atoms with Crippen molar-refractivity contribution in [3.05, 3.63) is 64.3 Å². The van der Waals surface area contributed by atoms with E-state index in [1.165, 1.54) is 6.08 Å². The van der Waals surface area contributed by atoms with Crippen molar-refractivity contribution in [1.82, 2.24) is 4.90 Å². The molecular formula is C18H14Cl2N2O4. The molecule has 1 aliphatic heterocycles. The average molecular weight is 393 g/mol. The van der Waals surface area contributed by atoms with Crippen molar-refractivity contribution in [3.8, 4) is 11.5 Å². The van der Waals surface area contributed by atoms with Crippen molar-refractivity contribution in [3.63, 3.8) is 0 Å². The normalized spacial score (nSPS) is 13.8. The number of β-amino-alcohol motifs (C(OH)–C–C–N with tert-alkyl or cyclic N) is 1. The van der Waals surface area contributed by atoms with Crippen molar-refractivity contribution >= 4 is 40.7 Å². The predicted octanol–water partition coefficient (Wildman–Crippen LogP) is 3.44. The third-order valence-corrected chi connectivity index (χ3v) is 3.97. The minimum Gasteiger partial charge on any atom is -0.457 e. The number of rotatable bonds is 6. The van der Waals surface area contributed by atoms with E-state index in [0.29, 0.717) is 27.2 Å². The molecule has 2 amide bonds. The Hall–Kier alpha value is -2.54. The van der Waals surface area contributed by atoms with E-state index in [1.807, 2.05) is 0 Å². The largest absolute Gasteiger partial charge is 0.457 e. The van der Waals surface area contributed by atoms with Gasteiger partial charge in [-0.05, 0) is 42.5 Å². The van der Waals surface area contributed by atoms with E-state index < -0.39 is 11.8 Å². The fourth-order valence-corrected chi connectivity index (χ4v) is 2.90. The van der Waals surface area contributed by atoms with Gasteiger partial charge >= 0.3 is 0 Å². The maximum atomic E-state index is 12.1. The lowest BCUT2D eigenvalue weighted by Crippen LogP contribution is -2.34. The van der Waals surface area contributed by atoms with Gasteiger partial charge in [-0.1, -0.05) is 23.2 Å². The number of hydrogen-bond donors (Lipinski definition) is 2. The molecular weight excluding hydrogens is 379 g/mol. The number of aliphatic hydroxyl groups is 1. The second kappa shape index (κ2) is 7.78. The van der Waals surface area contributed by atoms with Crippen molar-refractivity contribution in [2.24, 2.45) is 0 Å². The summed E-state index contributed by atoms with van der Waals surface area (Å²) in [6.07, 6.45) is 1.20. The van der Waals surface area contributed by atoms with Gasteiger partial charge in [0, 0.05) is 21.8 Å². The molecule has 0 unspecified atom stereocenters. The summed E-state index contributed by atoms with van der Waals surface area (Å²) >= 11 is 11.9. The average Bonchev–Trinajstić information content (AvgIpc) is 2.84. The fourth-order valence-electron chi connectivity index (χ4n) is 2.40. The zero-order chi connectivity index (χ0) is 18.7. The van der Waals surface area contributed by atoms with E-state index in [1.54, 1.807) is 42.5 Å². The van der Waals surface area contributed by atoms with Gasteiger partial charge in [-0.25, -0.2) is 0 Å². The van der Waals surface area contributed by atoms with E-state index in [9.17, 15) is 9.59 Å². The van der Waals surface area contributed by atoms with Gasteiger partial charge in [0.1, 0.15) is 17.2 Å². The van der Waals surface area contributed by atoms with Crippen LogP contribution in [0.4, 0.5) is 5.69 Å². The van der Waals surface area contributed by atoms with Gasteiger partial charge < -0.3 is 15.2 Å². The number of carbonyl (C=O) groups is 2. The monoisotopic (exact) mass is 392 g/mol. The Morgan fingerprint density at radius 2 is 1.65 bits per heavy atom. The molecule has 8 heteroatoms. The van der Waals surface area contributed by atoms with Crippen LogP contribution in [-0.2, 0) is 9.59 Å². The van der Waals surface area contributed by atoms with Gasteiger partial charge in [-0.15, -0.1) is 0 Å². The summed E-state index contributed by atoms with van der Waals surface area (Å²) in [4.78, 5) is 24.8. The predicted molar refractivity (Wildman–Crippen MR) is 98.5 cm³/mol. The van der Waals surface area contributed by atoms with Crippen LogP contribution in [-0.4, -0.2) is 35.0 Å². The molecule has 0 saturated carbocycles. The highest BCUT2D eigenvalue weighted by molar-refractivity contribution is 6.34. The van der Waals surface area contributed by atoms with Crippen LogP contribution in [0.5, 0.6) is 11.5 Å². The number of aliphatic hydroxyl groups excluding tert-OH is 1. The third-order valence-electron chi connectivity index (χ3n) is 3.54. The Labute approximate surface area is 159 Å². The second-order valence-corrected chi connectivity index (χ2v) is 6.31. The molecule has 0 saturated heterocycles. The van der Waals surface area contributed by atoms with Gasteiger partial charge in [0.2, 0.25) is 0 Å². The van der Waals surface area contributed by atoms with Gasteiger partial charge in [-0.3, -0.25) is 14.5 Å². The molecule has 134 valence electrons. The molecule has 0 bridgehead atoms. The molecule has 0 radical (unpaired) electrons. The van der Waals surface area contributed by atoms with Gasteiger partial charge in [0.15, 0.2) is 0 Å². The minimum absolute atomic E-state index is 0.0334. The lowest BCUT2D eigenvalue weighted by Gasteiger charge is -2.13. The first-order valence-electron chi connectivity index (χ1n) is 7.65. The van der Waals surface area contributed by atoms with E-state index >= 15 is 0 Å². The van der Waals surface area contributed by atoms with E-state index in [0.717, 1.165) is 4.90 Å². The van der Waals surface area contributed by atoms with Crippen molar-refractivity contribution < 1.29 is 19.4 Å². The molecule has 1 aliphatic rings. The number of benzene rings is 2. The number of nitrogens with zero attached hydrogens (tertiary/aromatic N) is 1. The third kappa shape index (κ3) is 4.16. The molecule has 0 fully saturated rings. The highest BCUT2D eigenvalue weighted by atomic mass is 35.5. The zero-order valence-corrected chi connectivity index (χ0v) is 14.9. The summed E-state index contributed by atoms with van der Waals surface area (Å²) in [5, 5.41) is 12.7. The summed E-state index contributed by atoms with van der Waals surface area (Å²) in [6, 6.07) is 11.7. The van der Waals surface area contributed by atoms with E-state index in [-0.39, 0.29) is 18.8 Å². The molecule has 0 spiro atoms. The Morgan fingerprint density at radius 1 is 1.00 bits per heavy atom.